The Morgan fingerprint density at radius 2 is 1.86 bits per heavy atom. The topological polar surface area (TPSA) is 76.7 Å². The summed E-state index contributed by atoms with van der Waals surface area (Å²) in [5.74, 6) is 0.0194. The molecule has 0 aliphatic carbocycles. The highest BCUT2D eigenvalue weighted by Crippen LogP contribution is 2.23. The van der Waals surface area contributed by atoms with E-state index in [1.165, 1.54) is 0 Å². The van der Waals surface area contributed by atoms with Crippen molar-refractivity contribution in [3.8, 4) is 0 Å². The van der Waals surface area contributed by atoms with Crippen LogP contribution >= 0.6 is 0 Å². The van der Waals surface area contributed by atoms with Crippen LogP contribution in [-0.4, -0.2) is 49.3 Å². The van der Waals surface area contributed by atoms with Crippen LogP contribution in [0, 0.1) is 5.92 Å². The summed E-state index contributed by atoms with van der Waals surface area (Å²) in [5.41, 5.74) is 0. The number of carbonyl (C=O) groups is 2. The number of ether oxygens (including phenoxy) is 2. The number of hydrogen-bond acceptors (Lipinski definition) is 4. The zero-order valence-corrected chi connectivity index (χ0v) is 13.8. The zero-order valence-electron chi connectivity index (χ0n) is 13.8. The van der Waals surface area contributed by atoms with Gasteiger partial charge in [0.2, 0.25) is 11.8 Å². The number of carbonyl (C=O) groups excluding carboxylic acids is 2. The monoisotopic (exact) mass is 312 g/mol. The Kier molecular flexibility index (Phi) is 6.20. The minimum atomic E-state index is -0.349. The van der Waals surface area contributed by atoms with Gasteiger partial charge in [0.05, 0.1) is 18.6 Å². The van der Waals surface area contributed by atoms with E-state index < -0.39 is 0 Å². The van der Waals surface area contributed by atoms with Gasteiger partial charge in [-0.25, -0.2) is 0 Å². The van der Waals surface area contributed by atoms with Crippen LogP contribution in [0.15, 0.2) is 0 Å². The lowest BCUT2D eigenvalue weighted by atomic mass is 10.0. The highest BCUT2D eigenvalue weighted by atomic mass is 16.5. The van der Waals surface area contributed by atoms with Gasteiger partial charge in [0.15, 0.2) is 0 Å². The first-order chi connectivity index (χ1) is 10.5. The summed E-state index contributed by atoms with van der Waals surface area (Å²) < 4.78 is 11.0. The zero-order chi connectivity index (χ0) is 16.1. The van der Waals surface area contributed by atoms with Crippen molar-refractivity contribution in [3.63, 3.8) is 0 Å². The molecule has 2 N–H and O–H groups in total. The molecular weight excluding hydrogens is 284 g/mol. The summed E-state index contributed by atoms with van der Waals surface area (Å²) in [5, 5.41) is 5.91. The Bertz CT molecular complexity index is 394. The van der Waals surface area contributed by atoms with Gasteiger partial charge in [0.1, 0.15) is 6.10 Å². The van der Waals surface area contributed by atoms with Crippen molar-refractivity contribution >= 4 is 11.8 Å². The predicted octanol–water partition coefficient (Wildman–Crippen LogP) is 0.990. The fourth-order valence-corrected chi connectivity index (χ4v) is 3.00. The quantitative estimate of drug-likeness (QED) is 0.767. The maximum Gasteiger partial charge on any atom is 0.249 e. The molecule has 0 saturated carbocycles. The lowest BCUT2D eigenvalue weighted by Crippen LogP contribution is -2.40. The maximum absolute atomic E-state index is 12.0. The van der Waals surface area contributed by atoms with Crippen molar-refractivity contribution in [1.29, 1.82) is 0 Å². The van der Waals surface area contributed by atoms with Gasteiger partial charge < -0.3 is 20.1 Å². The molecule has 0 aromatic rings. The molecule has 6 heteroatoms. The molecule has 0 aromatic heterocycles. The lowest BCUT2D eigenvalue weighted by molar-refractivity contribution is -0.133. The molecule has 2 fully saturated rings. The normalized spacial score (nSPS) is 29.5. The highest BCUT2D eigenvalue weighted by Gasteiger charge is 2.32. The summed E-state index contributed by atoms with van der Waals surface area (Å²) in [6.07, 6.45) is 2.85. The van der Waals surface area contributed by atoms with Crippen LogP contribution < -0.4 is 10.6 Å². The molecule has 126 valence electrons. The fraction of sp³-hybridized carbons (Fsp3) is 0.875. The summed E-state index contributed by atoms with van der Waals surface area (Å²) in [4.78, 5) is 23.9. The molecule has 0 radical (unpaired) electrons. The third kappa shape index (κ3) is 4.95. The Balaban J connectivity index is 1.70. The van der Waals surface area contributed by atoms with Crippen LogP contribution in [0.2, 0.25) is 0 Å². The second-order valence-corrected chi connectivity index (χ2v) is 6.69. The Morgan fingerprint density at radius 1 is 1.09 bits per heavy atom. The number of nitrogens with one attached hydrogen (secondary N) is 2. The SMILES string of the molecule is CC(C)NC(=O)C1CCC(CC(C)NC(=O)C2CCOC2)O1. The largest absolute Gasteiger partial charge is 0.381 e. The first-order valence-corrected chi connectivity index (χ1v) is 8.29. The minimum Gasteiger partial charge on any atom is -0.381 e. The summed E-state index contributed by atoms with van der Waals surface area (Å²) in [6.45, 7) is 7.06. The van der Waals surface area contributed by atoms with Gasteiger partial charge in [-0.3, -0.25) is 9.59 Å². The van der Waals surface area contributed by atoms with E-state index in [0.717, 1.165) is 25.7 Å². The van der Waals surface area contributed by atoms with Crippen LogP contribution in [0.4, 0.5) is 0 Å². The van der Waals surface area contributed by atoms with Gasteiger partial charge in [0, 0.05) is 18.7 Å². The number of hydrogen-bond donors (Lipinski definition) is 2. The molecule has 2 saturated heterocycles. The Morgan fingerprint density at radius 3 is 2.50 bits per heavy atom. The Hall–Kier alpha value is -1.14. The molecule has 2 heterocycles. The van der Waals surface area contributed by atoms with Crippen LogP contribution in [0.3, 0.4) is 0 Å². The van der Waals surface area contributed by atoms with E-state index in [-0.39, 0.29) is 42.0 Å². The van der Waals surface area contributed by atoms with Crippen molar-refractivity contribution in [1.82, 2.24) is 10.6 Å². The molecular formula is C16H28N2O4. The van der Waals surface area contributed by atoms with Gasteiger partial charge in [0.25, 0.3) is 0 Å². The summed E-state index contributed by atoms with van der Waals surface area (Å²) >= 11 is 0. The second-order valence-electron chi connectivity index (χ2n) is 6.69. The molecule has 0 aromatic carbocycles. The first kappa shape index (κ1) is 17.2. The molecule has 4 unspecified atom stereocenters. The van der Waals surface area contributed by atoms with Gasteiger partial charge in [-0.2, -0.15) is 0 Å². The van der Waals surface area contributed by atoms with E-state index in [0.29, 0.717) is 13.2 Å². The molecule has 2 amide bonds. The van der Waals surface area contributed by atoms with Crippen LogP contribution in [0.5, 0.6) is 0 Å². The van der Waals surface area contributed by atoms with E-state index in [9.17, 15) is 9.59 Å². The first-order valence-electron chi connectivity index (χ1n) is 8.29. The highest BCUT2D eigenvalue weighted by molar-refractivity contribution is 5.81. The average Bonchev–Trinajstić information content (AvgIpc) is 3.08. The predicted molar refractivity (Wildman–Crippen MR) is 82.3 cm³/mol. The Labute approximate surface area is 132 Å². The molecule has 0 bridgehead atoms. The van der Waals surface area contributed by atoms with E-state index in [1.54, 1.807) is 0 Å². The maximum atomic E-state index is 12.0. The number of rotatable bonds is 6. The third-order valence-corrected chi connectivity index (χ3v) is 4.14. The van der Waals surface area contributed by atoms with E-state index in [2.05, 4.69) is 10.6 Å². The third-order valence-electron chi connectivity index (χ3n) is 4.14. The molecule has 2 aliphatic rings. The smallest absolute Gasteiger partial charge is 0.249 e. The summed E-state index contributed by atoms with van der Waals surface area (Å²) in [7, 11) is 0. The molecule has 4 atom stereocenters. The van der Waals surface area contributed by atoms with Crippen LogP contribution in [0.1, 0.15) is 46.5 Å². The van der Waals surface area contributed by atoms with Crippen LogP contribution in [0.25, 0.3) is 0 Å². The van der Waals surface area contributed by atoms with Gasteiger partial charge in [-0.1, -0.05) is 0 Å². The second kappa shape index (κ2) is 7.92. The minimum absolute atomic E-state index is 0.0171. The van der Waals surface area contributed by atoms with Crippen molar-refractivity contribution in [2.75, 3.05) is 13.2 Å². The van der Waals surface area contributed by atoms with Crippen molar-refractivity contribution in [2.24, 2.45) is 5.92 Å². The van der Waals surface area contributed by atoms with Crippen molar-refractivity contribution in [2.45, 2.75) is 70.7 Å². The molecule has 6 nitrogen and oxygen atoms in total. The van der Waals surface area contributed by atoms with Gasteiger partial charge in [-0.15, -0.1) is 0 Å². The number of amides is 2. The summed E-state index contributed by atoms with van der Waals surface area (Å²) in [6, 6.07) is 0.173. The van der Waals surface area contributed by atoms with Crippen molar-refractivity contribution < 1.29 is 19.1 Å². The van der Waals surface area contributed by atoms with Crippen molar-refractivity contribution in [3.05, 3.63) is 0 Å². The fourth-order valence-electron chi connectivity index (χ4n) is 3.00. The molecule has 2 rings (SSSR count). The standard InChI is InChI=1S/C16H28N2O4/c1-10(2)17-16(20)14-5-4-13(22-14)8-11(3)18-15(19)12-6-7-21-9-12/h10-14H,4-9H2,1-3H3,(H,17,20)(H,18,19). The van der Waals surface area contributed by atoms with Gasteiger partial charge >= 0.3 is 0 Å². The molecule has 2 aliphatic heterocycles. The van der Waals surface area contributed by atoms with E-state index in [4.69, 9.17) is 9.47 Å². The van der Waals surface area contributed by atoms with E-state index in [1.807, 2.05) is 20.8 Å². The van der Waals surface area contributed by atoms with Gasteiger partial charge in [-0.05, 0) is 46.5 Å². The lowest BCUT2D eigenvalue weighted by Gasteiger charge is -2.20. The van der Waals surface area contributed by atoms with E-state index >= 15 is 0 Å². The average molecular weight is 312 g/mol. The van der Waals surface area contributed by atoms with Crippen LogP contribution in [-0.2, 0) is 19.1 Å². The molecule has 22 heavy (non-hydrogen) atoms. The molecule has 0 spiro atoms.